The third-order valence-corrected chi connectivity index (χ3v) is 5.83. The maximum atomic E-state index is 13.2. The van der Waals surface area contributed by atoms with Gasteiger partial charge in [-0.1, -0.05) is 30.3 Å². The van der Waals surface area contributed by atoms with Crippen LogP contribution < -0.4 is 9.47 Å². The first-order valence-corrected chi connectivity index (χ1v) is 10.9. The lowest BCUT2D eigenvalue weighted by atomic mass is 10.1. The average molecular weight is 470 g/mol. The second-order valence-corrected chi connectivity index (χ2v) is 8.08. The van der Waals surface area contributed by atoms with E-state index in [0.29, 0.717) is 0 Å². The topological polar surface area (TPSA) is 56.6 Å². The number of hydrogen-bond donors (Lipinski definition) is 0. The van der Waals surface area contributed by atoms with Crippen molar-refractivity contribution in [2.45, 2.75) is 13.2 Å². The van der Waals surface area contributed by atoms with Gasteiger partial charge in [-0.05, 0) is 35.7 Å². The maximum absolute atomic E-state index is 13.2. The minimum absolute atomic E-state index is 0.00900. The minimum atomic E-state index is -3.09. The predicted octanol–water partition coefficient (Wildman–Crippen LogP) is 5.48. The summed E-state index contributed by atoms with van der Waals surface area (Å²) in [6.45, 7) is -2.88. The van der Waals surface area contributed by atoms with E-state index in [4.69, 9.17) is 9.84 Å². The van der Waals surface area contributed by atoms with Gasteiger partial charge in [0.2, 0.25) is 0 Å². The number of carbonyl (C=O) groups is 1. The third kappa shape index (κ3) is 4.88. The number of nitrogens with zero attached hydrogens (tertiary/aromatic N) is 3. The summed E-state index contributed by atoms with van der Waals surface area (Å²) in [5.74, 6) is -0.704. The molecule has 2 heterocycles. The fraction of sp³-hybridized carbons (Fsp3) is 0.167. The molecule has 0 unspecified atom stereocenters. The molecule has 4 aromatic rings. The Morgan fingerprint density at radius 3 is 2.58 bits per heavy atom. The zero-order chi connectivity index (χ0) is 23.4. The SMILES string of the molecule is COc1cccc(C(=O)N(C)Cc2cn(-c3ccccc3)nc2-c2cccs2)c1OC(F)F. The Morgan fingerprint density at radius 2 is 1.91 bits per heavy atom. The van der Waals surface area contributed by atoms with E-state index in [9.17, 15) is 13.6 Å². The van der Waals surface area contributed by atoms with Crippen molar-refractivity contribution in [1.29, 1.82) is 0 Å². The van der Waals surface area contributed by atoms with Crippen LogP contribution in [0.1, 0.15) is 15.9 Å². The molecule has 0 radical (unpaired) electrons. The Labute approximate surface area is 193 Å². The van der Waals surface area contributed by atoms with Crippen LogP contribution in [0, 0.1) is 0 Å². The van der Waals surface area contributed by atoms with E-state index in [1.807, 2.05) is 54.0 Å². The van der Waals surface area contributed by atoms with Crippen LogP contribution in [0.25, 0.3) is 16.3 Å². The number of ether oxygens (including phenoxy) is 2. The zero-order valence-electron chi connectivity index (χ0n) is 17.9. The third-order valence-electron chi connectivity index (χ3n) is 4.96. The molecule has 4 rings (SSSR count). The number of halogens is 2. The van der Waals surface area contributed by atoms with Gasteiger partial charge in [0.15, 0.2) is 11.5 Å². The number of amides is 1. The molecule has 0 atom stereocenters. The summed E-state index contributed by atoms with van der Waals surface area (Å²) in [5.41, 5.74) is 2.45. The van der Waals surface area contributed by atoms with E-state index >= 15 is 0 Å². The van der Waals surface area contributed by atoms with E-state index in [1.165, 1.54) is 24.1 Å². The van der Waals surface area contributed by atoms with Crippen molar-refractivity contribution < 1.29 is 23.0 Å². The Bertz CT molecular complexity index is 1230. The Balaban J connectivity index is 1.67. The largest absolute Gasteiger partial charge is 0.493 e. The van der Waals surface area contributed by atoms with Crippen molar-refractivity contribution >= 4 is 17.2 Å². The molecule has 2 aromatic heterocycles. The van der Waals surface area contributed by atoms with Gasteiger partial charge in [0.1, 0.15) is 5.69 Å². The van der Waals surface area contributed by atoms with E-state index in [2.05, 4.69) is 4.74 Å². The van der Waals surface area contributed by atoms with Gasteiger partial charge >= 0.3 is 6.61 Å². The zero-order valence-corrected chi connectivity index (χ0v) is 18.8. The normalized spacial score (nSPS) is 10.9. The minimum Gasteiger partial charge on any atom is -0.493 e. The molecule has 0 fully saturated rings. The number of carbonyl (C=O) groups excluding carboxylic acids is 1. The number of methoxy groups -OCH3 is 1. The smallest absolute Gasteiger partial charge is 0.387 e. The number of aromatic nitrogens is 2. The lowest BCUT2D eigenvalue weighted by Crippen LogP contribution is -2.27. The standard InChI is InChI=1S/C24H21F2N3O3S/c1-28(23(30)18-10-6-11-19(31-2)22(18)32-24(25)26)14-16-15-29(17-8-4-3-5-9-17)27-21(16)20-12-7-13-33-20/h3-13,15,24H,14H2,1-2H3. The molecule has 1 amide bonds. The summed E-state index contributed by atoms with van der Waals surface area (Å²) in [5, 5.41) is 6.70. The van der Waals surface area contributed by atoms with E-state index < -0.39 is 12.5 Å². The van der Waals surface area contributed by atoms with Gasteiger partial charge in [-0.3, -0.25) is 4.79 Å². The second-order valence-electron chi connectivity index (χ2n) is 7.14. The molecular weight excluding hydrogens is 448 g/mol. The number of benzene rings is 2. The van der Waals surface area contributed by atoms with Gasteiger partial charge in [0.25, 0.3) is 5.91 Å². The van der Waals surface area contributed by atoms with Gasteiger partial charge in [-0.25, -0.2) is 4.68 Å². The first-order chi connectivity index (χ1) is 16.0. The fourth-order valence-corrected chi connectivity index (χ4v) is 4.19. The highest BCUT2D eigenvalue weighted by atomic mass is 32.1. The van der Waals surface area contributed by atoms with E-state index in [-0.39, 0.29) is 23.6 Å². The maximum Gasteiger partial charge on any atom is 0.387 e. The highest BCUT2D eigenvalue weighted by Gasteiger charge is 2.24. The van der Waals surface area contributed by atoms with Crippen molar-refractivity contribution in [3.05, 3.63) is 83.4 Å². The van der Waals surface area contributed by atoms with Crippen molar-refractivity contribution in [2.75, 3.05) is 14.2 Å². The summed E-state index contributed by atoms with van der Waals surface area (Å²) in [4.78, 5) is 15.6. The van der Waals surface area contributed by atoms with Gasteiger partial charge in [0, 0.05) is 25.4 Å². The molecule has 0 spiro atoms. The van der Waals surface area contributed by atoms with Crippen LogP contribution in [0.4, 0.5) is 8.78 Å². The quantitative estimate of drug-likeness (QED) is 0.343. The van der Waals surface area contributed by atoms with Crippen molar-refractivity contribution in [2.24, 2.45) is 0 Å². The Kier molecular flexibility index (Phi) is 6.69. The molecule has 6 nitrogen and oxygen atoms in total. The molecule has 2 aromatic carbocycles. The lowest BCUT2D eigenvalue weighted by Gasteiger charge is -2.20. The van der Waals surface area contributed by atoms with Crippen LogP contribution >= 0.6 is 11.3 Å². The highest BCUT2D eigenvalue weighted by Crippen LogP contribution is 2.34. The molecule has 170 valence electrons. The number of thiophene rings is 1. The summed E-state index contributed by atoms with van der Waals surface area (Å²) in [6, 6.07) is 18.0. The van der Waals surface area contributed by atoms with Crippen molar-refractivity contribution in [3.8, 4) is 27.8 Å². The van der Waals surface area contributed by atoms with Crippen molar-refractivity contribution in [3.63, 3.8) is 0 Å². The van der Waals surface area contributed by atoms with E-state index in [0.717, 1.165) is 21.8 Å². The first-order valence-electron chi connectivity index (χ1n) is 10.0. The van der Waals surface area contributed by atoms with Gasteiger partial charge in [-0.2, -0.15) is 13.9 Å². The molecule has 0 saturated carbocycles. The monoisotopic (exact) mass is 469 g/mol. The summed E-state index contributed by atoms with van der Waals surface area (Å²) >= 11 is 1.55. The second kappa shape index (κ2) is 9.83. The summed E-state index contributed by atoms with van der Waals surface area (Å²) < 4.78 is 37.5. The average Bonchev–Trinajstić information content (AvgIpc) is 3.49. The highest BCUT2D eigenvalue weighted by molar-refractivity contribution is 7.13. The van der Waals surface area contributed by atoms with Crippen LogP contribution in [0.15, 0.2) is 72.2 Å². The molecule has 0 aliphatic carbocycles. The summed E-state index contributed by atoms with van der Waals surface area (Å²) in [7, 11) is 2.93. The number of para-hydroxylation sites is 2. The molecule has 0 N–H and O–H groups in total. The molecule has 0 aliphatic rings. The van der Waals surface area contributed by atoms with Gasteiger partial charge < -0.3 is 14.4 Å². The fourth-order valence-electron chi connectivity index (χ4n) is 3.45. The van der Waals surface area contributed by atoms with E-state index in [1.54, 1.807) is 29.1 Å². The molecule has 9 heteroatoms. The molecule has 33 heavy (non-hydrogen) atoms. The molecule has 0 bridgehead atoms. The van der Waals surface area contributed by atoms with Gasteiger partial charge in [-0.15, -0.1) is 11.3 Å². The van der Waals surface area contributed by atoms with Crippen LogP contribution in [-0.4, -0.2) is 41.4 Å². The van der Waals surface area contributed by atoms with Crippen LogP contribution in [-0.2, 0) is 6.54 Å². The van der Waals surface area contributed by atoms with Crippen LogP contribution in [0.3, 0.4) is 0 Å². The van der Waals surface area contributed by atoms with Crippen LogP contribution in [0.2, 0.25) is 0 Å². The molecule has 0 saturated heterocycles. The van der Waals surface area contributed by atoms with Gasteiger partial charge in [0.05, 0.1) is 23.2 Å². The molecular formula is C24H21F2N3O3S. The summed E-state index contributed by atoms with van der Waals surface area (Å²) in [6.07, 6.45) is 1.87. The Morgan fingerprint density at radius 1 is 1.12 bits per heavy atom. The predicted molar refractivity (Wildman–Crippen MR) is 122 cm³/mol. The number of alkyl halides is 2. The lowest BCUT2D eigenvalue weighted by molar-refractivity contribution is -0.0516. The van der Waals surface area contributed by atoms with Crippen LogP contribution in [0.5, 0.6) is 11.5 Å². The van der Waals surface area contributed by atoms with Crippen molar-refractivity contribution in [1.82, 2.24) is 14.7 Å². The number of rotatable bonds is 8. The first kappa shape index (κ1) is 22.5. The number of hydrogen-bond acceptors (Lipinski definition) is 5. The Hall–Kier alpha value is -3.72. The molecule has 0 aliphatic heterocycles.